The number of hydrogen-bond acceptors (Lipinski definition) is 5. The maximum absolute atomic E-state index is 9.84. The first kappa shape index (κ1) is 14.0. The Hall–Kier alpha value is -2.95. The molecule has 2 aromatic carbocycles. The van der Waals surface area contributed by atoms with Crippen LogP contribution in [0, 0.1) is 6.92 Å². The molecule has 1 heterocycles. The van der Waals surface area contributed by atoms with E-state index in [-0.39, 0.29) is 5.75 Å². The zero-order valence-corrected chi connectivity index (χ0v) is 12.4. The number of rotatable bonds is 3. The molecule has 0 amide bonds. The van der Waals surface area contributed by atoms with Crippen LogP contribution in [0.25, 0.3) is 11.0 Å². The fourth-order valence-electron chi connectivity index (χ4n) is 2.17. The summed E-state index contributed by atoms with van der Waals surface area (Å²) in [5, 5.41) is 14.1. The van der Waals surface area contributed by atoms with Gasteiger partial charge in [0.05, 0.1) is 22.4 Å². The summed E-state index contributed by atoms with van der Waals surface area (Å²) in [6.45, 7) is 3.71. The Morgan fingerprint density at radius 3 is 2.36 bits per heavy atom. The lowest BCUT2D eigenvalue weighted by atomic mass is 10.1. The molecule has 0 radical (unpaired) electrons. The van der Waals surface area contributed by atoms with Crippen molar-refractivity contribution in [1.29, 1.82) is 0 Å². The van der Waals surface area contributed by atoms with E-state index in [2.05, 4.69) is 20.5 Å². The van der Waals surface area contributed by atoms with Crippen LogP contribution in [0.3, 0.4) is 0 Å². The normalized spacial score (nSPS) is 11.6. The zero-order valence-electron chi connectivity index (χ0n) is 12.4. The largest absolute Gasteiger partial charge is 0.507 e. The summed E-state index contributed by atoms with van der Waals surface area (Å²) in [5.41, 5.74) is 6.72. The van der Waals surface area contributed by atoms with Gasteiger partial charge in [0.25, 0.3) is 0 Å². The molecule has 0 saturated carbocycles. The van der Waals surface area contributed by atoms with Crippen LogP contribution >= 0.6 is 0 Å². The van der Waals surface area contributed by atoms with E-state index in [9.17, 15) is 5.11 Å². The number of benzene rings is 2. The van der Waals surface area contributed by atoms with Gasteiger partial charge < -0.3 is 5.11 Å². The lowest BCUT2D eigenvalue weighted by molar-refractivity contribution is 0.474. The van der Waals surface area contributed by atoms with Crippen molar-refractivity contribution in [3.05, 3.63) is 59.8 Å². The first-order chi connectivity index (χ1) is 10.6. The highest BCUT2D eigenvalue weighted by molar-refractivity contribution is 6.01. The van der Waals surface area contributed by atoms with Gasteiger partial charge in [-0.15, -0.1) is 0 Å². The van der Waals surface area contributed by atoms with Crippen molar-refractivity contribution in [2.45, 2.75) is 13.8 Å². The molecule has 110 valence electrons. The van der Waals surface area contributed by atoms with Gasteiger partial charge in [-0.1, -0.05) is 24.3 Å². The van der Waals surface area contributed by atoms with Gasteiger partial charge in [0.1, 0.15) is 5.75 Å². The number of phenolic OH excluding ortho intramolecular Hbond substituents is 1. The van der Waals surface area contributed by atoms with Crippen LogP contribution in [0.1, 0.15) is 18.2 Å². The van der Waals surface area contributed by atoms with Crippen molar-refractivity contribution in [1.82, 2.24) is 9.97 Å². The number of aromatic nitrogens is 2. The minimum absolute atomic E-state index is 0.201. The molecule has 0 atom stereocenters. The van der Waals surface area contributed by atoms with Crippen LogP contribution in [0.5, 0.6) is 5.75 Å². The number of aromatic hydroxyl groups is 1. The molecule has 0 unspecified atom stereocenters. The predicted octanol–water partition coefficient (Wildman–Crippen LogP) is 3.48. The average molecular weight is 292 g/mol. The van der Waals surface area contributed by atoms with Crippen LogP contribution in [0.2, 0.25) is 0 Å². The summed E-state index contributed by atoms with van der Waals surface area (Å²) in [6, 6.07) is 14.8. The molecule has 5 nitrogen and oxygen atoms in total. The third-order valence-electron chi connectivity index (χ3n) is 3.37. The van der Waals surface area contributed by atoms with Gasteiger partial charge in [0.2, 0.25) is 0 Å². The fraction of sp³-hybridized carbons (Fsp3) is 0.118. The second kappa shape index (κ2) is 5.81. The number of phenols is 1. The first-order valence-corrected chi connectivity index (χ1v) is 6.97. The molecule has 2 N–H and O–H groups in total. The quantitative estimate of drug-likeness (QED) is 0.572. The molecule has 0 fully saturated rings. The third-order valence-corrected chi connectivity index (χ3v) is 3.37. The molecule has 3 rings (SSSR count). The van der Waals surface area contributed by atoms with Crippen LogP contribution in [0.15, 0.2) is 53.6 Å². The third kappa shape index (κ3) is 2.74. The second-order valence-corrected chi connectivity index (χ2v) is 4.97. The van der Waals surface area contributed by atoms with Crippen molar-refractivity contribution in [3.63, 3.8) is 0 Å². The molecule has 22 heavy (non-hydrogen) atoms. The summed E-state index contributed by atoms with van der Waals surface area (Å²) in [4.78, 5) is 9.02. The standard InChI is InChI=1S/C17H16N4O/c1-11(13-7-3-6-10-16(13)22)20-21-17-12(2)18-14-8-4-5-9-15(14)19-17/h3-10,22H,1-2H3,(H,19,21)/b20-11-. The minimum Gasteiger partial charge on any atom is -0.507 e. The highest BCUT2D eigenvalue weighted by atomic mass is 16.3. The minimum atomic E-state index is 0.201. The van der Waals surface area contributed by atoms with E-state index in [1.54, 1.807) is 12.1 Å². The zero-order chi connectivity index (χ0) is 15.5. The van der Waals surface area contributed by atoms with Crippen molar-refractivity contribution >= 4 is 22.6 Å². The molecule has 1 aromatic heterocycles. The van der Waals surface area contributed by atoms with Gasteiger partial charge in [-0.05, 0) is 38.1 Å². The van der Waals surface area contributed by atoms with Crippen LogP contribution in [0.4, 0.5) is 5.82 Å². The monoisotopic (exact) mass is 292 g/mol. The van der Waals surface area contributed by atoms with E-state index < -0.39 is 0 Å². The van der Waals surface area contributed by atoms with Crippen LogP contribution in [-0.2, 0) is 0 Å². The predicted molar refractivity (Wildman–Crippen MR) is 88.2 cm³/mol. The smallest absolute Gasteiger partial charge is 0.168 e. The Balaban J connectivity index is 1.91. The number of aryl methyl sites for hydroxylation is 1. The van der Waals surface area contributed by atoms with Gasteiger partial charge in [-0.25, -0.2) is 9.97 Å². The van der Waals surface area contributed by atoms with Crippen molar-refractivity contribution in [3.8, 4) is 5.75 Å². The molecule has 0 spiro atoms. The van der Waals surface area contributed by atoms with E-state index >= 15 is 0 Å². The van der Waals surface area contributed by atoms with Gasteiger partial charge in [-0.2, -0.15) is 5.10 Å². The van der Waals surface area contributed by atoms with Crippen molar-refractivity contribution < 1.29 is 5.11 Å². The Labute approximate surface area is 128 Å². The summed E-state index contributed by atoms with van der Waals surface area (Å²) in [7, 11) is 0. The van der Waals surface area contributed by atoms with Gasteiger partial charge in [0, 0.05) is 5.56 Å². The number of para-hydroxylation sites is 3. The number of anilines is 1. The number of nitrogens with one attached hydrogen (secondary N) is 1. The fourth-order valence-corrected chi connectivity index (χ4v) is 2.17. The van der Waals surface area contributed by atoms with Crippen molar-refractivity contribution in [2.75, 3.05) is 5.43 Å². The van der Waals surface area contributed by atoms with E-state index in [0.717, 1.165) is 16.7 Å². The van der Waals surface area contributed by atoms with E-state index in [1.165, 1.54) is 0 Å². The molecule has 0 saturated heterocycles. The van der Waals surface area contributed by atoms with Gasteiger partial charge in [0.15, 0.2) is 5.82 Å². The number of fused-ring (bicyclic) bond motifs is 1. The van der Waals surface area contributed by atoms with Gasteiger partial charge >= 0.3 is 0 Å². The molecule has 0 aliphatic carbocycles. The van der Waals surface area contributed by atoms with Crippen molar-refractivity contribution in [2.24, 2.45) is 5.10 Å². The molecule has 0 aliphatic heterocycles. The van der Waals surface area contributed by atoms with E-state index in [4.69, 9.17) is 0 Å². The molecule has 0 bridgehead atoms. The van der Waals surface area contributed by atoms with E-state index in [1.807, 2.05) is 50.2 Å². The number of hydrazone groups is 1. The SMILES string of the molecule is C/C(=N/Nc1nc2ccccc2nc1C)c1ccccc1O. The molecular weight excluding hydrogens is 276 g/mol. The Bertz CT molecular complexity index is 858. The number of nitrogens with zero attached hydrogens (tertiary/aromatic N) is 3. The second-order valence-electron chi connectivity index (χ2n) is 4.97. The Morgan fingerprint density at radius 1 is 1.00 bits per heavy atom. The summed E-state index contributed by atoms with van der Waals surface area (Å²) >= 11 is 0. The Morgan fingerprint density at radius 2 is 1.64 bits per heavy atom. The van der Waals surface area contributed by atoms with Gasteiger partial charge in [-0.3, -0.25) is 5.43 Å². The maximum atomic E-state index is 9.84. The lowest BCUT2D eigenvalue weighted by Crippen LogP contribution is -2.03. The number of hydrogen-bond donors (Lipinski definition) is 2. The topological polar surface area (TPSA) is 70.4 Å². The molecular formula is C17H16N4O. The molecule has 3 aromatic rings. The van der Waals surface area contributed by atoms with E-state index in [0.29, 0.717) is 17.1 Å². The summed E-state index contributed by atoms with van der Waals surface area (Å²) in [5.74, 6) is 0.806. The molecule has 5 heteroatoms. The maximum Gasteiger partial charge on any atom is 0.168 e. The van der Waals surface area contributed by atoms with Crippen LogP contribution in [-0.4, -0.2) is 20.8 Å². The highest BCUT2D eigenvalue weighted by Crippen LogP contribution is 2.18. The summed E-state index contributed by atoms with van der Waals surface area (Å²) in [6.07, 6.45) is 0. The molecule has 0 aliphatic rings. The Kier molecular flexibility index (Phi) is 3.70. The average Bonchev–Trinajstić information content (AvgIpc) is 2.53. The van der Waals surface area contributed by atoms with Crippen LogP contribution < -0.4 is 5.43 Å². The first-order valence-electron chi connectivity index (χ1n) is 6.97. The lowest BCUT2D eigenvalue weighted by Gasteiger charge is -2.07. The summed E-state index contributed by atoms with van der Waals surface area (Å²) < 4.78 is 0. The highest BCUT2D eigenvalue weighted by Gasteiger charge is 2.06.